The van der Waals surface area contributed by atoms with Crippen LogP contribution in [0.1, 0.15) is 43.7 Å². The minimum absolute atomic E-state index is 0.182. The van der Waals surface area contributed by atoms with Crippen molar-refractivity contribution in [3.05, 3.63) is 72.1 Å². The van der Waals surface area contributed by atoms with Gasteiger partial charge in [0.25, 0.3) is 0 Å². The molecule has 0 saturated carbocycles. The smallest absolute Gasteiger partial charge is 0.310 e. The van der Waals surface area contributed by atoms with Crippen molar-refractivity contribution in [1.82, 2.24) is 9.55 Å². The minimum Gasteiger partial charge on any atom is -0.469 e. The first-order chi connectivity index (χ1) is 16.6. The first kappa shape index (κ1) is 25.1. The molecule has 0 saturated heterocycles. The van der Waals surface area contributed by atoms with E-state index in [0.717, 1.165) is 34.0 Å². The maximum absolute atomic E-state index is 11.5. The number of aromatic nitrogens is 2. The number of rotatable bonds is 9. The van der Waals surface area contributed by atoms with Crippen molar-refractivity contribution in [2.24, 2.45) is 0 Å². The van der Waals surface area contributed by atoms with Crippen molar-refractivity contribution in [1.29, 1.82) is 0 Å². The molecule has 6 heteroatoms. The fraction of sp³-hybridized carbons (Fsp3) is 0.357. The molecule has 180 valence electrons. The molecule has 1 N–H and O–H groups in total. The van der Waals surface area contributed by atoms with Crippen LogP contribution >= 0.6 is 0 Å². The van der Waals surface area contributed by atoms with Crippen LogP contribution in [0.2, 0.25) is 0 Å². The summed E-state index contributed by atoms with van der Waals surface area (Å²) in [7, 11) is 2.84. The van der Waals surface area contributed by atoms with Gasteiger partial charge in [0, 0.05) is 40.7 Å². The van der Waals surface area contributed by atoms with Crippen LogP contribution in [-0.4, -0.2) is 35.7 Å². The first-order valence-electron chi connectivity index (χ1n) is 11.8. The molecule has 0 amide bonds. The lowest BCUT2D eigenvalue weighted by molar-refractivity contribution is -0.140. The molecule has 2 heterocycles. The van der Waals surface area contributed by atoms with Gasteiger partial charge in [0.2, 0.25) is 0 Å². The Labute approximate surface area is 200 Å². The summed E-state index contributed by atoms with van der Waals surface area (Å²) in [5.74, 6) is -0.395. The summed E-state index contributed by atoms with van der Waals surface area (Å²) < 4.78 is 11.7. The lowest BCUT2D eigenvalue weighted by atomic mass is 10.1. The fourth-order valence-electron chi connectivity index (χ4n) is 4.09. The Hall–Kier alpha value is -3.54. The predicted octanol–water partition coefficient (Wildman–Crippen LogP) is 5.82. The number of aromatic amines is 1. The SMILES string of the molecule is CCCCCCn1cc(CC(=O)OC)c2ccccc21.COC(=O)Cc1c[nH]c2ccccc12. The Kier molecular flexibility index (Phi) is 9.32. The molecule has 2 aromatic heterocycles. The van der Waals surface area contributed by atoms with Crippen LogP contribution in [0, 0.1) is 0 Å². The van der Waals surface area contributed by atoms with Crippen LogP contribution in [0.3, 0.4) is 0 Å². The number of esters is 2. The van der Waals surface area contributed by atoms with Crippen LogP contribution in [0.15, 0.2) is 60.9 Å². The van der Waals surface area contributed by atoms with E-state index in [4.69, 9.17) is 4.74 Å². The van der Waals surface area contributed by atoms with E-state index in [1.54, 1.807) is 0 Å². The molecule has 34 heavy (non-hydrogen) atoms. The van der Waals surface area contributed by atoms with Gasteiger partial charge in [0.15, 0.2) is 0 Å². The van der Waals surface area contributed by atoms with E-state index in [-0.39, 0.29) is 11.9 Å². The van der Waals surface area contributed by atoms with Gasteiger partial charge in [-0.1, -0.05) is 62.6 Å². The van der Waals surface area contributed by atoms with Gasteiger partial charge < -0.3 is 19.0 Å². The molecular formula is C28H34N2O4. The summed E-state index contributed by atoms with van der Waals surface area (Å²) in [5.41, 5.74) is 4.30. The zero-order chi connectivity index (χ0) is 24.3. The second-order valence-corrected chi connectivity index (χ2v) is 8.29. The van der Waals surface area contributed by atoms with Gasteiger partial charge in [-0.3, -0.25) is 9.59 Å². The van der Waals surface area contributed by atoms with E-state index < -0.39 is 0 Å². The number of carbonyl (C=O) groups excluding carboxylic acids is 2. The maximum atomic E-state index is 11.5. The van der Waals surface area contributed by atoms with Crippen LogP contribution in [0.4, 0.5) is 0 Å². The Morgan fingerprint density at radius 3 is 2.18 bits per heavy atom. The molecule has 0 bridgehead atoms. The zero-order valence-electron chi connectivity index (χ0n) is 20.3. The Morgan fingerprint density at radius 2 is 1.47 bits per heavy atom. The number of nitrogens with one attached hydrogen (secondary N) is 1. The summed E-state index contributed by atoms with van der Waals surface area (Å²) in [5, 5.41) is 2.24. The normalized spacial score (nSPS) is 10.7. The van der Waals surface area contributed by atoms with E-state index in [1.165, 1.54) is 45.4 Å². The molecule has 0 spiro atoms. The molecule has 0 radical (unpaired) electrons. The van der Waals surface area contributed by atoms with Gasteiger partial charge in [-0.25, -0.2) is 0 Å². The quantitative estimate of drug-likeness (QED) is 0.251. The molecule has 0 aliphatic rings. The van der Waals surface area contributed by atoms with Gasteiger partial charge in [-0.2, -0.15) is 0 Å². The van der Waals surface area contributed by atoms with Gasteiger partial charge in [-0.15, -0.1) is 0 Å². The number of hydrogen-bond acceptors (Lipinski definition) is 4. The Bertz CT molecular complexity index is 1220. The predicted molar refractivity (Wildman–Crippen MR) is 136 cm³/mol. The van der Waals surface area contributed by atoms with Crippen molar-refractivity contribution >= 4 is 33.7 Å². The van der Waals surface area contributed by atoms with Crippen LogP contribution < -0.4 is 0 Å². The van der Waals surface area contributed by atoms with E-state index in [9.17, 15) is 9.59 Å². The van der Waals surface area contributed by atoms with E-state index in [0.29, 0.717) is 12.8 Å². The third-order valence-electron chi connectivity index (χ3n) is 5.92. The minimum atomic E-state index is -0.213. The monoisotopic (exact) mass is 462 g/mol. The summed E-state index contributed by atoms with van der Waals surface area (Å²) in [4.78, 5) is 25.7. The lowest BCUT2D eigenvalue weighted by Gasteiger charge is -2.04. The number of hydrogen-bond donors (Lipinski definition) is 1. The second kappa shape index (κ2) is 12.6. The molecule has 4 rings (SSSR count). The number of H-pyrrole nitrogens is 1. The number of nitrogens with zero attached hydrogens (tertiary/aromatic N) is 1. The van der Waals surface area contributed by atoms with Crippen molar-refractivity contribution in [3.63, 3.8) is 0 Å². The summed E-state index contributed by atoms with van der Waals surface area (Å²) in [6, 6.07) is 16.2. The van der Waals surface area contributed by atoms with Crippen LogP contribution in [-0.2, 0) is 38.4 Å². The molecule has 6 nitrogen and oxygen atoms in total. The van der Waals surface area contributed by atoms with Crippen LogP contribution in [0.5, 0.6) is 0 Å². The van der Waals surface area contributed by atoms with Crippen molar-refractivity contribution < 1.29 is 19.1 Å². The number of methoxy groups -OCH3 is 2. The third kappa shape index (κ3) is 6.50. The average Bonchev–Trinajstić information content (AvgIpc) is 3.43. The number of ether oxygens (including phenoxy) is 2. The van der Waals surface area contributed by atoms with Crippen molar-refractivity contribution in [3.8, 4) is 0 Å². The number of benzene rings is 2. The van der Waals surface area contributed by atoms with E-state index in [2.05, 4.69) is 39.5 Å². The van der Waals surface area contributed by atoms with Crippen LogP contribution in [0.25, 0.3) is 21.8 Å². The number of fused-ring (bicyclic) bond motifs is 2. The highest BCUT2D eigenvalue weighted by Gasteiger charge is 2.11. The molecule has 0 atom stereocenters. The first-order valence-corrected chi connectivity index (χ1v) is 11.8. The average molecular weight is 463 g/mol. The highest BCUT2D eigenvalue weighted by Crippen LogP contribution is 2.23. The zero-order valence-corrected chi connectivity index (χ0v) is 20.3. The number of para-hydroxylation sites is 2. The lowest BCUT2D eigenvalue weighted by Crippen LogP contribution is -2.04. The highest BCUT2D eigenvalue weighted by atomic mass is 16.5. The summed E-state index contributed by atoms with van der Waals surface area (Å²) in [6.45, 7) is 3.24. The van der Waals surface area contributed by atoms with E-state index >= 15 is 0 Å². The molecule has 0 unspecified atom stereocenters. The Balaban J connectivity index is 0.000000202. The molecule has 0 fully saturated rings. The maximum Gasteiger partial charge on any atom is 0.310 e. The fourth-order valence-corrected chi connectivity index (χ4v) is 4.09. The van der Waals surface area contributed by atoms with E-state index in [1.807, 2.05) is 42.6 Å². The summed E-state index contributed by atoms with van der Waals surface area (Å²) >= 11 is 0. The molecule has 0 aliphatic heterocycles. The molecule has 4 aromatic rings. The Morgan fingerprint density at radius 1 is 0.824 bits per heavy atom. The van der Waals surface area contributed by atoms with Gasteiger partial charge in [0.05, 0.1) is 27.1 Å². The highest BCUT2D eigenvalue weighted by molar-refractivity contribution is 5.88. The molecule has 2 aromatic carbocycles. The van der Waals surface area contributed by atoms with Gasteiger partial charge in [-0.05, 0) is 29.7 Å². The largest absolute Gasteiger partial charge is 0.469 e. The number of carbonyl (C=O) groups is 2. The second-order valence-electron chi connectivity index (χ2n) is 8.29. The number of unbranched alkanes of at least 4 members (excludes halogenated alkanes) is 3. The standard InChI is InChI=1S/C17H23NO2.C11H11NO2/c1-3-4-5-8-11-18-13-14(12-17(19)20-2)15-9-6-7-10-16(15)18;1-14-11(13)6-8-7-12-10-5-3-2-4-9(8)10/h6-7,9-10,13H,3-5,8,11-12H2,1-2H3;2-5,7,12H,6H2,1H3. The summed E-state index contributed by atoms with van der Waals surface area (Å²) in [6.07, 6.45) is 9.60. The number of aryl methyl sites for hydroxylation is 1. The molecular weight excluding hydrogens is 428 g/mol. The third-order valence-corrected chi connectivity index (χ3v) is 5.92. The van der Waals surface area contributed by atoms with Gasteiger partial charge in [0.1, 0.15) is 0 Å². The van der Waals surface area contributed by atoms with Crippen molar-refractivity contribution in [2.45, 2.75) is 52.0 Å². The van der Waals surface area contributed by atoms with Gasteiger partial charge >= 0.3 is 11.9 Å². The topological polar surface area (TPSA) is 73.3 Å². The van der Waals surface area contributed by atoms with Crippen molar-refractivity contribution in [2.75, 3.05) is 14.2 Å². The molecule has 0 aliphatic carbocycles.